The zero-order chi connectivity index (χ0) is 32.1. The molecule has 0 aliphatic carbocycles. The van der Waals surface area contributed by atoms with E-state index in [1.807, 2.05) is 0 Å². The normalized spacial score (nSPS) is 11.3. The van der Waals surface area contributed by atoms with Gasteiger partial charge in [-0.1, -0.05) is 202 Å². The number of hydrogen-bond acceptors (Lipinski definition) is 2. The molecular formula is C40H84N2O. The zero-order valence-electron chi connectivity index (χ0n) is 30.8. The van der Waals surface area contributed by atoms with Crippen LogP contribution in [0.5, 0.6) is 0 Å². The van der Waals surface area contributed by atoms with Crippen LogP contribution in [0.25, 0.3) is 0 Å². The van der Waals surface area contributed by atoms with Gasteiger partial charge in [0, 0.05) is 13.0 Å². The van der Waals surface area contributed by atoms with Gasteiger partial charge in [0.2, 0.25) is 5.91 Å². The first kappa shape index (κ1) is 44.6. The lowest BCUT2D eigenvalue weighted by atomic mass is 10.0. The lowest BCUT2D eigenvalue weighted by molar-refractivity contribution is -0.121. The molecule has 1 amide bonds. The predicted molar refractivity (Wildman–Crippen MR) is 196 cm³/mol. The quantitative estimate of drug-likeness (QED) is 0.0728. The average Bonchev–Trinajstić information content (AvgIpc) is 2.98. The monoisotopic (exact) mass is 609 g/mol. The summed E-state index contributed by atoms with van der Waals surface area (Å²) < 4.78 is 0. The molecule has 0 rings (SSSR count). The van der Waals surface area contributed by atoms with E-state index in [4.69, 9.17) is 5.73 Å². The van der Waals surface area contributed by atoms with Crippen LogP contribution in [0.3, 0.4) is 0 Å². The minimum atomic E-state index is 0.264. The van der Waals surface area contributed by atoms with Gasteiger partial charge in [-0.15, -0.1) is 0 Å². The first-order valence-corrected chi connectivity index (χ1v) is 19.9. The molecule has 0 spiro atoms. The zero-order valence-corrected chi connectivity index (χ0v) is 30.8. The van der Waals surface area contributed by atoms with Gasteiger partial charge >= 0.3 is 0 Å². The lowest BCUT2D eigenvalue weighted by Crippen LogP contribution is -2.23. The third-order valence-corrected chi connectivity index (χ3v) is 8.77. The second-order valence-electron chi connectivity index (χ2n) is 14.4. The second kappa shape index (κ2) is 39.5. The molecule has 0 radical (unpaired) electrons. The van der Waals surface area contributed by atoms with Gasteiger partial charge in [0.1, 0.15) is 0 Å². The van der Waals surface area contributed by atoms with Gasteiger partial charge in [-0.05, 0) is 37.6 Å². The number of rotatable bonds is 33. The van der Waals surface area contributed by atoms with Crippen molar-refractivity contribution in [2.24, 2.45) is 17.6 Å². The Morgan fingerprint density at radius 2 is 0.791 bits per heavy atom. The Labute approximate surface area is 273 Å². The highest BCUT2D eigenvalue weighted by Gasteiger charge is 2.01. The minimum Gasteiger partial charge on any atom is -0.356 e. The van der Waals surface area contributed by atoms with E-state index in [2.05, 4.69) is 39.9 Å². The molecule has 0 atom stereocenters. The van der Waals surface area contributed by atoms with Crippen molar-refractivity contribution >= 4 is 5.91 Å². The summed E-state index contributed by atoms with van der Waals surface area (Å²) in [5, 5.41) is 3.09. The minimum absolute atomic E-state index is 0.264. The van der Waals surface area contributed by atoms with E-state index in [1.165, 1.54) is 173 Å². The Hall–Kier alpha value is -0.570. The molecule has 3 N–H and O–H groups in total. The summed E-state index contributed by atoms with van der Waals surface area (Å²) in [4.78, 5) is 11.8. The van der Waals surface area contributed by atoms with Crippen LogP contribution in [0.15, 0.2) is 0 Å². The van der Waals surface area contributed by atoms with Crippen molar-refractivity contribution < 1.29 is 4.79 Å². The van der Waals surface area contributed by atoms with Crippen LogP contribution in [0.4, 0.5) is 0 Å². The Kier molecular flexibility index (Phi) is 40.9. The maximum absolute atomic E-state index is 11.8. The van der Waals surface area contributed by atoms with E-state index in [9.17, 15) is 4.79 Å². The molecule has 0 saturated carbocycles. The first-order valence-electron chi connectivity index (χ1n) is 19.9. The molecule has 0 aliphatic heterocycles. The Morgan fingerprint density at radius 1 is 0.465 bits per heavy atom. The van der Waals surface area contributed by atoms with Crippen molar-refractivity contribution in [3.63, 3.8) is 0 Å². The number of carbonyl (C=O) groups excluding carboxylic acids is 1. The SMILES string of the molecule is CC(C)CCCCCCCCCCCCN.CCCCCCCCCCCCCCCC(=O)NCCCCCCC(C)C. The molecule has 3 heteroatoms. The molecule has 43 heavy (non-hydrogen) atoms. The van der Waals surface area contributed by atoms with Crippen LogP contribution < -0.4 is 11.1 Å². The summed E-state index contributed by atoms with van der Waals surface area (Å²) in [5.74, 6) is 1.98. The molecule has 0 unspecified atom stereocenters. The fourth-order valence-electron chi connectivity index (χ4n) is 5.76. The van der Waals surface area contributed by atoms with Crippen LogP contribution in [-0.4, -0.2) is 19.0 Å². The Balaban J connectivity index is 0. The summed E-state index contributed by atoms with van der Waals surface area (Å²) in [6, 6.07) is 0. The number of hydrogen-bond donors (Lipinski definition) is 2. The molecule has 0 aromatic carbocycles. The van der Waals surface area contributed by atoms with Crippen LogP contribution in [0.2, 0.25) is 0 Å². The van der Waals surface area contributed by atoms with Crippen molar-refractivity contribution in [2.75, 3.05) is 13.1 Å². The standard InChI is InChI=1S/C25H51NO.C15H33N/c1-4-5-6-7-8-9-10-11-12-13-14-15-19-22-25(27)26-23-20-17-16-18-21-24(2)3;1-15(2)13-11-9-7-5-3-4-6-8-10-12-14-16/h24H,4-23H2,1-3H3,(H,26,27);15H,3-14,16H2,1-2H3. The predicted octanol–water partition coefficient (Wildman–Crippen LogP) is 13.1. The van der Waals surface area contributed by atoms with E-state index in [1.54, 1.807) is 0 Å². The van der Waals surface area contributed by atoms with Crippen LogP contribution in [0.1, 0.15) is 227 Å². The van der Waals surface area contributed by atoms with Crippen molar-refractivity contribution in [1.82, 2.24) is 5.32 Å². The maximum Gasteiger partial charge on any atom is 0.219 e. The highest BCUT2D eigenvalue weighted by atomic mass is 16.1. The third-order valence-electron chi connectivity index (χ3n) is 8.77. The van der Waals surface area contributed by atoms with Gasteiger partial charge in [0.05, 0.1) is 0 Å². The second-order valence-corrected chi connectivity index (χ2v) is 14.4. The molecule has 260 valence electrons. The van der Waals surface area contributed by atoms with E-state index in [-0.39, 0.29) is 5.91 Å². The Bertz CT molecular complexity index is 505. The Morgan fingerprint density at radius 3 is 1.16 bits per heavy atom. The average molecular weight is 609 g/mol. The topological polar surface area (TPSA) is 55.1 Å². The molecule has 3 nitrogen and oxygen atoms in total. The highest BCUT2D eigenvalue weighted by Crippen LogP contribution is 2.14. The lowest BCUT2D eigenvalue weighted by Gasteiger charge is -2.06. The number of unbranched alkanes of at least 4 members (excludes halogenated alkanes) is 24. The van der Waals surface area contributed by atoms with Gasteiger partial charge in [-0.3, -0.25) is 4.79 Å². The van der Waals surface area contributed by atoms with Gasteiger partial charge in [0.15, 0.2) is 0 Å². The molecule has 0 aliphatic rings. The van der Waals surface area contributed by atoms with Crippen LogP contribution in [0, 0.1) is 11.8 Å². The van der Waals surface area contributed by atoms with Gasteiger partial charge in [-0.25, -0.2) is 0 Å². The molecular weight excluding hydrogens is 524 g/mol. The summed E-state index contributed by atoms with van der Waals surface area (Å²) >= 11 is 0. The summed E-state index contributed by atoms with van der Waals surface area (Å²) in [5.41, 5.74) is 5.46. The van der Waals surface area contributed by atoms with E-state index >= 15 is 0 Å². The van der Waals surface area contributed by atoms with Crippen molar-refractivity contribution in [3.8, 4) is 0 Å². The van der Waals surface area contributed by atoms with Crippen molar-refractivity contribution in [1.29, 1.82) is 0 Å². The van der Waals surface area contributed by atoms with Crippen molar-refractivity contribution in [2.45, 2.75) is 227 Å². The van der Waals surface area contributed by atoms with Crippen molar-refractivity contribution in [3.05, 3.63) is 0 Å². The molecule has 0 heterocycles. The smallest absolute Gasteiger partial charge is 0.219 e. The van der Waals surface area contributed by atoms with Crippen LogP contribution in [-0.2, 0) is 4.79 Å². The number of nitrogens with two attached hydrogens (primary N) is 1. The van der Waals surface area contributed by atoms with Gasteiger partial charge in [-0.2, -0.15) is 0 Å². The molecule has 0 aromatic rings. The molecule has 0 fully saturated rings. The first-order chi connectivity index (χ1) is 20.9. The summed E-state index contributed by atoms with van der Waals surface area (Å²) in [6.07, 6.45) is 40.3. The molecule has 0 aromatic heterocycles. The summed E-state index contributed by atoms with van der Waals surface area (Å²) in [6.45, 7) is 13.2. The van der Waals surface area contributed by atoms with Gasteiger partial charge in [0.25, 0.3) is 0 Å². The summed E-state index contributed by atoms with van der Waals surface area (Å²) in [7, 11) is 0. The van der Waals surface area contributed by atoms with E-state index in [0.717, 1.165) is 44.2 Å². The number of nitrogens with one attached hydrogen (secondary N) is 1. The highest BCUT2D eigenvalue weighted by molar-refractivity contribution is 5.75. The van der Waals surface area contributed by atoms with Crippen LogP contribution >= 0.6 is 0 Å². The van der Waals surface area contributed by atoms with E-state index in [0.29, 0.717) is 0 Å². The number of carbonyl (C=O) groups is 1. The number of amides is 1. The molecule has 0 saturated heterocycles. The third kappa shape index (κ3) is 46.0. The maximum atomic E-state index is 11.8. The fourth-order valence-corrected chi connectivity index (χ4v) is 5.76. The van der Waals surface area contributed by atoms with E-state index < -0.39 is 0 Å². The largest absolute Gasteiger partial charge is 0.356 e. The van der Waals surface area contributed by atoms with Gasteiger partial charge < -0.3 is 11.1 Å². The molecule has 0 bridgehead atoms. The fraction of sp³-hybridized carbons (Fsp3) is 0.975.